The summed E-state index contributed by atoms with van der Waals surface area (Å²) in [5, 5.41) is 2.69. The van der Waals surface area contributed by atoms with Gasteiger partial charge in [-0.25, -0.2) is 4.79 Å². The minimum atomic E-state index is -0.546. The summed E-state index contributed by atoms with van der Waals surface area (Å²) < 4.78 is 5.25. The third kappa shape index (κ3) is 4.75. The second-order valence-electron chi connectivity index (χ2n) is 7.21. The van der Waals surface area contributed by atoms with Crippen LogP contribution in [0.25, 0.3) is 11.1 Å². The molecule has 4 heteroatoms. The average molecular weight is 326 g/mol. The van der Waals surface area contributed by atoms with E-state index in [9.17, 15) is 4.79 Å². The topological polar surface area (TPSA) is 64.3 Å². The first-order chi connectivity index (χ1) is 11.2. The minimum Gasteiger partial charge on any atom is -0.444 e. The predicted octanol–water partition coefficient (Wildman–Crippen LogP) is 5.41. The van der Waals surface area contributed by atoms with Gasteiger partial charge in [0.05, 0.1) is 11.4 Å². The Bertz CT molecular complexity index is 731. The number of rotatable bonds is 3. The predicted molar refractivity (Wildman–Crippen MR) is 100 cm³/mol. The summed E-state index contributed by atoms with van der Waals surface area (Å²) in [6.45, 7) is 9.80. The van der Waals surface area contributed by atoms with Crippen LogP contribution in [0.15, 0.2) is 42.5 Å². The molecule has 0 aliphatic carbocycles. The smallest absolute Gasteiger partial charge is 0.412 e. The van der Waals surface area contributed by atoms with Crippen LogP contribution in [0.5, 0.6) is 0 Å². The molecule has 128 valence electrons. The van der Waals surface area contributed by atoms with Crippen LogP contribution in [0.4, 0.5) is 16.2 Å². The van der Waals surface area contributed by atoms with E-state index in [-0.39, 0.29) is 0 Å². The highest BCUT2D eigenvalue weighted by atomic mass is 16.6. The first kappa shape index (κ1) is 17.9. The molecule has 0 aliphatic rings. The molecule has 24 heavy (non-hydrogen) atoms. The molecular formula is C20H26N2O2. The van der Waals surface area contributed by atoms with Crippen molar-refractivity contribution in [3.8, 4) is 11.1 Å². The minimum absolute atomic E-state index is 0.468. The quantitative estimate of drug-likeness (QED) is 0.742. The maximum Gasteiger partial charge on any atom is 0.412 e. The van der Waals surface area contributed by atoms with Crippen molar-refractivity contribution in [3.63, 3.8) is 0 Å². The first-order valence-corrected chi connectivity index (χ1v) is 8.15. The largest absolute Gasteiger partial charge is 0.444 e. The molecule has 2 aromatic rings. The highest BCUT2D eigenvalue weighted by Crippen LogP contribution is 2.29. The molecule has 0 atom stereocenters. The van der Waals surface area contributed by atoms with Gasteiger partial charge in [-0.3, -0.25) is 5.32 Å². The summed E-state index contributed by atoms with van der Waals surface area (Å²) >= 11 is 0. The highest BCUT2D eigenvalue weighted by Gasteiger charge is 2.17. The zero-order chi connectivity index (χ0) is 17.9. The van der Waals surface area contributed by atoms with Crippen LogP contribution in [0.1, 0.15) is 46.1 Å². The number of nitrogens with two attached hydrogens (primary N) is 1. The van der Waals surface area contributed by atoms with Gasteiger partial charge >= 0.3 is 6.09 Å². The lowest BCUT2D eigenvalue weighted by molar-refractivity contribution is 0.0636. The van der Waals surface area contributed by atoms with Gasteiger partial charge in [0.15, 0.2) is 0 Å². The van der Waals surface area contributed by atoms with E-state index in [0.29, 0.717) is 17.3 Å². The third-order valence-corrected chi connectivity index (χ3v) is 3.57. The van der Waals surface area contributed by atoms with Crippen molar-refractivity contribution in [2.45, 2.75) is 46.1 Å². The van der Waals surface area contributed by atoms with Crippen molar-refractivity contribution in [1.29, 1.82) is 0 Å². The summed E-state index contributed by atoms with van der Waals surface area (Å²) in [7, 11) is 0. The van der Waals surface area contributed by atoms with Crippen molar-refractivity contribution in [3.05, 3.63) is 48.0 Å². The van der Waals surface area contributed by atoms with Crippen molar-refractivity contribution in [2.75, 3.05) is 11.1 Å². The molecule has 3 N–H and O–H groups in total. The Morgan fingerprint density at radius 2 is 1.75 bits per heavy atom. The highest BCUT2D eigenvalue weighted by molar-refractivity contribution is 5.90. The lowest BCUT2D eigenvalue weighted by Gasteiger charge is -2.20. The molecule has 4 nitrogen and oxygen atoms in total. The van der Waals surface area contributed by atoms with Crippen molar-refractivity contribution in [1.82, 2.24) is 0 Å². The van der Waals surface area contributed by atoms with Crippen molar-refractivity contribution < 1.29 is 9.53 Å². The standard InChI is InChI=1S/C20H26N2O2/c1-13(2)14-7-6-8-15(11-14)16-9-10-18(17(21)12-16)22-19(23)24-20(3,4)5/h6-13H,21H2,1-5H3,(H,22,23). The number of nitrogen functional groups attached to an aromatic ring is 1. The molecule has 2 aromatic carbocycles. The SMILES string of the molecule is CC(C)c1cccc(-c2ccc(NC(=O)OC(C)(C)C)c(N)c2)c1. The summed E-state index contributed by atoms with van der Waals surface area (Å²) in [5.41, 5.74) is 10.0. The number of ether oxygens (including phenoxy) is 1. The second kappa shape index (κ2) is 6.95. The fourth-order valence-corrected chi connectivity index (χ4v) is 2.35. The van der Waals surface area contributed by atoms with Gasteiger partial charge in [0, 0.05) is 0 Å². The molecule has 0 saturated carbocycles. The van der Waals surface area contributed by atoms with Gasteiger partial charge < -0.3 is 10.5 Å². The molecule has 0 radical (unpaired) electrons. The van der Waals surface area contributed by atoms with Crippen LogP contribution in [0.3, 0.4) is 0 Å². The van der Waals surface area contributed by atoms with Crippen molar-refractivity contribution in [2.24, 2.45) is 0 Å². The van der Waals surface area contributed by atoms with E-state index in [0.717, 1.165) is 11.1 Å². The van der Waals surface area contributed by atoms with Crippen LogP contribution < -0.4 is 11.1 Å². The van der Waals surface area contributed by atoms with E-state index in [1.807, 2.05) is 39.0 Å². The number of hydrogen-bond donors (Lipinski definition) is 2. The van der Waals surface area contributed by atoms with Gasteiger partial charge in [-0.05, 0) is 55.5 Å². The van der Waals surface area contributed by atoms with E-state index in [1.54, 1.807) is 6.07 Å². The monoisotopic (exact) mass is 326 g/mol. The van der Waals surface area contributed by atoms with Crippen LogP contribution in [-0.2, 0) is 4.74 Å². The third-order valence-electron chi connectivity index (χ3n) is 3.57. The summed E-state index contributed by atoms with van der Waals surface area (Å²) in [6.07, 6.45) is -0.510. The molecule has 0 fully saturated rings. The molecule has 0 saturated heterocycles. The van der Waals surface area contributed by atoms with Gasteiger partial charge in [-0.1, -0.05) is 44.2 Å². The van der Waals surface area contributed by atoms with Gasteiger partial charge in [0.25, 0.3) is 0 Å². The molecule has 0 unspecified atom stereocenters. The lowest BCUT2D eigenvalue weighted by Crippen LogP contribution is -2.27. The Morgan fingerprint density at radius 3 is 2.33 bits per heavy atom. The zero-order valence-corrected chi connectivity index (χ0v) is 15.0. The van der Waals surface area contributed by atoms with Gasteiger partial charge in [0.2, 0.25) is 0 Å². The Morgan fingerprint density at radius 1 is 1.08 bits per heavy atom. The Hall–Kier alpha value is -2.49. The number of carbonyl (C=O) groups excluding carboxylic acids is 1. The van der Waals surface area contributed by atoms with Gasteiger partial charge in [-0.15, -0.1) is 0 Å². The van der Waals surface area contributed by atoms with Crippen molar-refractivity contribution >= 4 is 17.5 Å². The molecular weight excluding hydrogens is 300 g/mol. The summed E-state index contributed by atoms with van der Waals surface area (Å²) in [6, 6.07) is 14.0. The maximum absolute atomic E-state index is 11.9. The molecule has 0 spiro atoms. The first-order valence-electron chi connectivity index (χ1n) is 8.15. The zero-order valence-electron chi connectivity index (χ0n) is 15.0. The van der Waals surface area contributed by atoms with E-state index >= 15 is 0 Å². The molecule has 0 aromatic heterocycles. The normalized spacial score (nSPS) is 11.4. The van der Waals surface area contributed by atoms with E-state index in [1.165, 1.54) is 5.56 Å². The lowest BCUT2D eigenvalue weighted by atomic mass is 9.97. The van der Waals surface area contributed by atoms with E-state index in [2.05, 4.69) is 37.4 Å². The number of carbonyl (C=O) groups is 1. The van der Waals surface area contributed by atoms with Crippen LogP contribution in [-0.4, -0.2) is 11.7 Å². The molecule has 0 aliphatic heterocycles. The Labute approximate surface area is 144 Å². The second-order valence-corrected chi connectivity index (χ2v) is 7.21. The number of anilines is 2. The van der Waals surface area contributed by atoms with Gasteiger partial charge in [-0.2, -0.15) is 0 Å². The Balaban J connectivity index is 2.21. The van der Waals surface area contributed by atoms with Crippen LogP contribution in [0.2, 0.25) is 0 Å². The maximum atomic E-state index is 11.9. The van der Waals surface area contributed by atoms with E-state index in [4.69, 9.17) is 10.5 Å². The molecule has 0 bridgehead atoms. The van der Waals surface area contributed by atoms with E-state index < -0.39 is 11.7 Å². The number of nitrogens with one attached hydrogen (secondary N) is 1. The Kier molecular flexibility index (Phi) is 5.17. The molecule has 0 heterocycles. The molecule has 1 amide bonds. The fraction of sp³-hybridized carbons (Fsp3) is 0.350. The van der Waals surface area contributed by atoms with Crippen LogP contribution >= 0.6 is 0 Å². The molecule has 2 rings (SSSR count). The van der Waals surface area contributed by atoms with Gasteiger partial charge in [0.1, 0.15) is 5.60 Å². The summed E-state index contributed by atoms with van der Waals surface area (Å²) in [5.74, 6) is 0.468. The average Bonchev–Trinajstić information content (AvgIpc) is 2.47. The number of hydrogen-bond acceptors (Lipinski definition) is 3. The number of benzene rings is 2. The van der Waals surface area contributed by atoms with Crippen LogP contribution in [0, 0.1) is 0 Å². The summed E-state index contributed by atoms with van der Waals surface area (Å²) in [4.78, 5) is 11.9. The number of amides is 1. The fourth-order valence-electron chi connectivity index (χ4n) is 2.35.